The Morgan fingerprint density at radius 3 is 2.58 bits per heavy atom. The third kappa shape index (κ3) is 5.28. The largest absolute Gasteiger partial charge is 0.497 e. The second kappa shape index (κ2) is 10.3. The Labute approximate surface area is 188 Å². The Hall–Kier alpha value is -2.38. The highest BCUT2D eigenvalue weighted by Gasteiger charge is 2.30. The fraction of sp³-hybridized carbons (Fsp3) is 0.500. The monoisotopic (exact) mass is 441 g/mol. The second-order valence-electron chi connectivity index (χ2n) is 8.32. The highest BCUT2D eigenvalue weighted by molar-refractivity contribution is 7.12. The highest BCUT2D eigenvalue weighted by Crippen LogP contribution is 2.28. The molecule has 0 radical (unpaired) electrons. The van der Waals surface area contributed by atoms with E-state index in [9.17, 15) is 9.59 Å². The number of rotatable bonds is 7. The molecule has 0 bridgehead atoms. The Morgan fingerprint density at radius 2 is 1.90 bits per heavy atom. The number of nitrogens with one attached hydrogen (secondary N) is 1. The molecule has 7 heteroatoms. The minimum absolute atomic E-state index is 0.0306. The van der Waals surface area contributed by atoms with Gasteiger partial charge in [-0.05, 0) is 67.9 Å². The van der Waals surface area contributed by atoms with Gasteiger partial charge in [0.05, 0.1) is 18.0 Å². The normalized spacial score (nSPS) is 18.7. The lowest BCUT2D eigenvalue weighted by Gasteiger charge is -2.32. The number of nitrogens with zero attached hydrogens (tertiary/aromatic N) is 2. The van der Waals surface area contributed by atoms with Gasteiger partial charge < -0.3 is 15.0 Å². The van der Waals surface area contributed by atoms with E-state index in [4.69, 9.17) is 4.74 Å². The minimum Gasteiger partial charge on any atom is -0.497 e. The number of hydrogen-bond acceptors (Lipinski definition) is 5. The lowest BCUT2D eigenvalue weighted by Crippen LogP contribution is -2.44. The van der Waals surface area contributed by atoms with Crippen LogP contribution >= 0.6 is 11.3 Å². The Bertz CT molecular complexity index is 872. The van der Waals surface area contributed by atoms with Crippen molar-refractivity contribution < 1.29 is 14.3 Å². The van der Waals surface area contributed by atoms with Gasteiger partial charge in [-0.15, -0.1) is 11.3 Å². The summed E-state index contributed by atoms with van der Waals surface area (Å²) in [5.74, 6) is 1.00. The topological polar surface area (TPSA) is 61.9 Å². The van der Waals surface area contributed by atoms with Crippen LogP contribution < -0.4 is 10.1 Å². The summed E-state index contributed by atoms with van der Waals surface area (Å²) in [6, 6.07) is 12.1. The summed E-state index contributed by atoms with van der Waals surface area (Å²) in [7, 11) is 1.68. The van der Waals surface area contributed by atoms with Crippen molar-refractivity contribution in [3.63, 3.8) is 0 Å². The fourth-order valence-corrected chi connectivity index (χ4v) is 5.29. The summed E-state index contributed by atoms with van der Waals surface area (Å²) < 4.78 is 5.41. The summed E-state index contributed by atoms with van der Waals surface area (Å²) in [6.45, 7) is 3.99. The third-order valence-corrected chi connectivity index (χ3v) is 7.27. The number of likely N-dealkylation sites (tertiary alicyclic amines) is 2. The number of carbonyl (C=O) groups is 2. The molecule has 0 saturated carbocycles. The van der Waals surface area contributed by atoms with Crippen LogP contribution in [0.15, 0.2) is 41.8 Å². The van der Waals surface area contributed by atoms with Gasteiger partial charge in [-0.3, -0.25) is 14.5 Å². The molecule has 2 amide bonds. The average molecular weight is 442 g/mol. The van der Waals surface area contributed by atoms with Crippen molar-refractivity contribution in [1.29, 1.82) is 0 Å². The molecule has 1 aromatic heterocycles. The molecule has 2 saturated heterocycles. The molecule has 1 atom stereocenters. The number of amides is 2. The molecule has 166 valence electrons. The lowest BCUT2D eigenvalue weighted by molar-refractivity contribution is -0.126. The molecule has 2 aliphatic rings. The van der Waals surface area contributed by atoms with E-state index >= 15 is 0 Å². The third-order valence-electron chi connectivity index (χ3n) is 6.41. The van der Waals surface area contributed by atoms with Crippen LogP contribution in [-0.2, 0) is 4.79 Å². The molecule has 0 aliphatic carbocycles. The number of carbonyl (C=O) groups excluding carboxylic acids is 2. The van der Waals surface area contributed by atoms with Crippen molar-refractivity contribution in [1.82, 2.24) is 15.1 Å². The van der Waals surface area contributed by atoms with E-state index in [1.807, 2.05) is 34.5 Å². The van der Waals surface area contributed by atoms with Crippen LogP contribution in [0.2, 0.25) is 0 Å². The van der Waals surface area contributed by atoms with E-state index in [-0.39, 0.29) is 23.8 Å². The molecule has 1 unspecified atom stereocenters. The standard InChI is InChI=1S/C24H31N3O3S/c1-30-20-7-4-6-19(16-20)21(26-11-2-3-12-26)17-25-23(28)18-9-13-27(14-10-18)24(29)22-8-5-15-31-22/h4-8,15-16,18,21H,2-3,9-14,17H2,1H3,(H,25,28). The first-order valence-corrected chi connectivity index (χ1v) is 12.0. The van der Waals surface area contributed by atoms with Gasteiger partial charge in [0.15, 0.2) is 0 Å². The highest BCUT2D eigenvalue weighted by atomic mass is 32.1. The van der Waals surface area contributed by atoms with Gasteiger partial charge in [0.2, 0.25) is 5.91 Å². The van der Waals surface area contributed by atoms with Gasteiger partial charge in [-0.1, -0.05) is 18.2 Å². The van der Waals surface area contributed by atoms with Crippen LogP contribution in [0.3, 0.4) is 0 Å². The zero-order chi connectivity index (χ0) is 21.6. The van der Waals surface area contributed by atoms with Crippen molar-refractivity contribution in [2.75, 3.05) is 39.8 Å². The van der Waals surface area contributed by atoms with E-state index in [1.54, 1.807) is 7.11 Å². The van der Waals surface area contributed by atoms with Crippen LogP contribution in [0.25, 0.3) is 0 Å². The second-order valence-corrected chi connectivity index (χ2v) is 9.27. The van der Waals surface area contributed by atoms with Gasteiger partial charge >= 0.3 is 0 Å². The minimum atomic E-state index is -0.0306. The van der Waals surface area contributed by atoms with Crippen molar-refractivity contribution in [2.24, 2.45) is 5.92 Å². The molecule has 2 fully saturated rings. The number of methoxy groups -OCH3 is 1. The predicted molar refractivity (Wildman–Crippen MR) is 122 cm³/mol. The first-order chi connectivity index (χ1) is 15.2. The van der Waals surface area contributed by atoms with Gasteiger partial charge in [-0.25, -0.2) is 0 Å². The number of thiophene rings is 1. The van der Waals surface area contributed by atoms with E-state index in [0.717, 1.165) is 36.6 Å². The zero-order valence-electron chi connectivity index (χ0n) is 18.1. The molecule has 3 heterocycles. The molecule has 4 rings (SSSR count). The van der Waals surface area contributed by atoms with Crippen LogP contribution in [0.1, 0.15) is 47.0 Å². The maximum Gasteiger partial charge on any atom is 0.263 e. The van der Waals surface area contributed by atoms with Crippen molar-refractivity contribution in [3.8, 4) is 5.75 Å². The van der Waals surface area contributed by atoms with Gasteiger partial charge in [0.25, 0.3) is 5.91 Å². The summed E-state index contributed by atoms with van der Waals surface area (Å²) in [5.41, 5.74) is 1.18. The van der Waals surface area contributed by atoms with Crippen molar-refractivity contribution in [2.45, 2.75) is 31.7 Å². The maximum absolute atomic E-state index is 12.9. The lowest BCUT2D eigenvalue weighted by atomic mass is 9.95. The predicted octanol–water partition coefficient (Wildman–Crippen LogP) is 3.56. The SMILES string of the molecule is COc1cccc(C(CNC(=O)C2CCN(C(=O)c3cccs3)CC2)N2CCCC2)c1. The van der Waals surface area contributed by atoms with Gasteiger partial charge in [-0.2, -0.15) is 0 Å². The molecular weight excluding hydrogens is 410 g/mol. The van der Waals surface area contributed by atoms with Crippen molar-refractivity contribution >= 4 is 23.2 Å². The van der Waals surface area contributed by atoms with Crippen LogP contribution in [0.4, 0.5) is 0 Å². The molecule has 6 nitrogen and oxygen atoms in total. The van der Waals surface area contributed by atoms with Crippen LogP contribution in [-0.4, -0.2) is 61.4 Å². The van der Waals surface area contributed by atoms with Crippen LogP contribution in [0, 0.1) is 5.92 Å². The smallest absolute Gasteiger partial charge is 0.263 e. The molecule has 2 aliphatic heterocycles. The summed E-state index contributed by atoms with van der Waals surface area (Å²) in [5, 5.41) is 5.14. The molecule has 0 spiro atoms. The first-order valence-electron chi connectivity index (χ1n) is 11.1. The molecule has 1 aromatic carbocycles. The fourth-order valence-electron chi connectivity index (χ4n) is 4.60. The number of hydrogen-bond donors (Lipinski definition) is 1. The number of piperidine rings is 1. The number of ether oxygens (including phenoxy) is 1. The summed E-state index contributed by atoms with van der Waals surface area (Å²) in [6.07, 6.45) is 3.84. The summed E-state index contributed by atoms with van der Waals surface area (Å²) in [4.78, 5) is 30.6. The molecular formula is C24H31N3O3S. The molecule has 1 N–H and O–H groups in total. The summed E-state index contributed by atoms with van der Waals surface area (Å²) >= 11 is 1.47. The van der Waals surface area contributed by atoms with E-state index in [2.05, 4.69) is 22.3 Å². The maximum atomic E-state index is 12.9. The number of benzene rings is 1. The van der Waals surface area contributed by atoms with E-state index in [0.29, 0.717) is 19.6 Å². The first kappa shape index (κ1) is 21.8. The Kier molecular flexibility index (Phi) is 7.25. The van der Waals surface area contributed by atoms with Gasteiger partial charge in [0, 0.05) is 25.6 Å². The van der Waals surface area contributed by atoms with Crippen molar-refractivity contribution in [3.05, 3.63) is 52.2 Å². The molecule has 31 heavy (non-hydrogen) atoms. The van der Waals surface area contributed by atoms with E-state index in [1.165, 1.54) is 29.7 Å². The Balaban J connectivity index is 1.33. The van der Waals surface area contributed by atoms with Crippen LogP contribution in [0.5, 0.6) is 5.75 Å². The zero-order valence-corrected chi connectivity index (χ0v) is 18.9. The van der Waals surface area contributed by atoms with E-state index < -0.39 is 0 Å². The average Bonchev–Trinajstić information content (AvgIpc) is 3.54. The Morgan fingerprint density at radius 1 is 1.13 bits per heavy atom. The van der Waals surface area contributed by atoms with Gasteiger partial charge in [0.1, 0.15) is 5.75 Å². The quantitative estimate of drug-likeness (QED) is 0.714. The molecule has 2 aromatic rings.